The lowest BCUT2D eigenvalue weighted by molar-refractivity contribution is -0.126. The van der Waals surface area contributed by atoms with Gasteiger partial charge in [0.15, 0.2) is 0 Å². The van der Waals surface area contributed by atoms with Gasteiger partial charge in [0.2, 0.25) is 15.9 Å². The minimum Gasteiger partial charge on any atom is -0.352 e. The summed E-state index contributed by atoms with van der Waals surface area (Å²) in [6, 6.07) is 19.5. The SMILES string of the molecule is Cc1cc(C)n(Cc2cccc(CNC(=O)C3CCN(S(=O)(=O)/C=C/c4ccccc4)CC3)c2)n1. The van der Waals surface area contributed by atoms with E-state index >= 15 is 0 Å². The van der Waals surface area contributed by atoms with Crippen LogP contribution in [0.1, 0.15) is 40.9 Å². The molecule has 0 unspecified atom stereocenters. The van der Waals surface area contributed by atoms with E-state index in [2.05, 4.69) is 28.6 Å². The number of hydrogen-bond donors (Lipinski definition) is 1. The summed E-state index contributed by atoms with van der Waals surface area (Å²) in [6.07, 6.45) is 2.64. The van der Waals surface area contributed by atoms with Gasteiger partial charge in [-0.1, -0.05) is 54.6 Å². The number of amides is 1. The molecule has 0 saturated carbocycles. The molecule has 1 aliphatic heterocycles. The number of aryl methyl sites for hydroxylation is 2. The molecule has 35 heavy (non-hydrogen) atoms. The lowest BCUT2D eigenvalue weighted by atomic mass is 9.97. The Morgan fingerprint density at radius 1 is 1.03 bits per heavy atom. The summed E-state index contributed by atoms with van der Waals surface area (Å²) in [5.41, 5.74) is 5.11. The monoisotopic (exact) mass is 492 g/mol. The van der Waals surface area contributed by atoms with Crippen molar-refractivity contribution in [1.29, 1.82) is 0 Å². The Labute approximate surface area is 207 Å². The molecule has 0 spiro atoms. The smallest absolute Gasteiger partial charge is 0.236 e. The first-order valence-electron chi connectivity index (χ1n) is 11.9. The fourth-order valence-electron chi connectivity index (χ4n) is 4.37. The molecule has 0 radical (unpaired) electrons. The van der Waals surface area contributed by atoms with E-state index < -0.39 is 10.0 Å². The number of hydrogen-bond acceptors (Lipinski definition) is 4. The number of piperidine rings is 1. The van der Waals surface area contributed by atoms with E-state index in [1.807, 2.05) is 61.0 Å². The molecule has 1 saturated heterocycles. The summed E-state index contributed by atoms with van der Waals surface area (Å²) < 4.78 is 28.8. The predicted molar refractivity (Wildman–Crippen MR) is 138 cm³/mol. The number of sulfonamides is 1. The van der Waals surface area contributed by atoms with Crippen molar-refractivity contribution in [3.05, 3.63) is 94.1 Å². The van der Waals surface area contributed by atoms with E-state index in [-0.39, 0.29) is 11.8 Å². The lowest BCUT2D eigenvalue weighted by Crippen LogP contribution is -2.42. The van der Waals surface area contributed by atoms with Crippen molar-refractivity contribution in [2.75, 3.05) is 13.1 Å². The van der Waals surface area contributed by atoms with Gasteiger partial charge in [-0.2, -0.15) is 9.40 Å². The normalized spacial score (nSPS) is 15.5. The first-order chi connectivity index (χ1) is 16.8. The summed E-state index contributed by atoms with van der Waals surface area (Å²) >= 11 is 0. The molecule has 1 N–H and O–H groups in total. The van der Waals surface area contributed by atoms with E-state index in [4.69, 9.17) is 0 Å². The minimum absolute atomic E-state index is 0.0224. The van der Waals surface area contributed by atoms with Crippen LogP contribution in [0.25, 0.3) is 6.08 Å². The van der Waals surface area contributed by atoms with Gasteiger partial charge in [-0.3, -0.25) is 9.48 Å². The zero-order valence-electron chi connectivity index (χ0n) is 20.2. The van der Waals surface area contributed by atoms with Crippen LogP contribution in [0.2, 0.25) is 0 Å². The number of carbonyl (C=O) groups excluding carboxylic acids is 1. The average molecular weight is 493 g/mol. The Kier molecular flexibility index (Phi) is 7.83. The van der Waals surface area contributed by atoms with Crippen molar-refractivity contribution < 1.29 is 13.2 Å². The zero-order valence-corrected chi connectivity index (χ0v) is 21.0. The summed E-state index contributed by atoms with van der Waals surface area (Å²) in [7, 11) is -3.50. The maximum atomic E-state index is 12.8. The van der Waals surface area contributed by atoms with Crippen LogP contribution in [0, 0.1) is 19.8 Å². The molecule has 2 heterocycles. The fourth-order valence-corrected chi connectivity index (χ4v) is 5.59. The Bertz CT molecular complexity index is 1290. The van der Waals surface area contributed by atoms with Crippen LogP contribution in [-0.2, 0) is 27.9 Å². The number of carbonyl (C=O) groups is 1. The molecule has 8 heteroatoms. The molecule has 0 atom stereocenters. The fraction of sp³-hybridized carbons (Fsp3) is 0.333. The van der Waals surface area contributed by atoms with Gasteiger partial charge in [0.25, 0.3) is 0 Å². The van der Waals surface area contributed by atoms with Gasteiger partial charge in [-0.25, -0.2) is 8.42 Å². The topological polar surface area (TPSA) is 84.3 Å². The van der Waals surface area contributed by atoms with Gasteiger partial charge in [0.05, 0.1) is 12.2 Å². The Morgan fingerprint density at radius 3 is 2.43 bits per heavy atom. The Morgan fingerprint density at radius 2 is 1.74 bits per heavy atom. The molecular weight excluding hydrogens is 460 g/mol. The molecule has 1 amide bonds. The molecule has 1 aliphatic rings. The first-order valence-corrected chi connectivity index (χ1v) is 13.4. The van der Waals surface area contributed by atoms with Crippen LogP contribution in [0.3, 0.4) is 0 Å². The largest absolute Gasteiger partial charge is 0.352 e. The third-order valence-corrected chi connectivity index (χ3v) is 7.88. The van der Waals surface area contributed by atoms with Crippen LogP contribution >= 0.6 is 0 Å². The molecule has 0 aliphatic carbocycles. The number of benzene rings is 2. The second-order valence-electron chi connectivity index (χ2n) is 9.05. The summed E-state index contributed by atoms with van der Waals surface area (Å²) in [5, 5.41) is 8.80. The van der Waals surface area contributed by atoms with E-state index in [1.54, 1.807) is 6.08 Å². The van der Waals surface area contributed by atoms with Gasteiger partial charge in [0.1, 0.15) is 0 Å². The molecule has 3 aromatic rings. The van der Waals surface area contributed by atoms with Crippen molar-refractivity contribution in [3.63, 3.8) is 0 Å². The van der Waals surface area contributed by atoms with Gasteiger partial charge in [-0.15, -0.1) is 0 Å². The second-order valence-corrected chi connectivity index (χ2v) is 10.9. The molecule has 1 aromatic heterocycles. The van der Waals surface area contributed by atoms with Gasteiger partial charge < -0.3 is 5.32 Å². The molecule has 7 nitrogen and oxygen atoms in total. The molecule has 1 fully saturated rings. The van der Waals surface area contributed by atoms with Crippen LogP contribution in [0.4, 0.5) is 0 Å². The third kappa shape index (κ3) is 6.68. The van der Waals surface area contributed by atoms with Crippen molar-refractivity contribution in [2.45, 2.75) is 39.8 Å². The van der Waals surface area contributed by atoms with Crippen LogP contribution in [-0.4, -0.2) is 41.5 Å². The highest BCUT2D eigenvalue weighted by Crippen LogP contribution is 2.21. The summed E-state index contributed by atoms with van der Waals surface area (Å²) in [4.78, 5) is 12.8. The molecule has 2 aromatic carbocycles. The van der Waals surface area contributed by atoms with Crippen LogP contribution < -0.4 is 5.32 Å². The second kappa shape index (κ2) is 11.0. The lowest BCUT2D eigenvalue weighted by Gasteiger charge is -2.29. The van der Waals surface area contributed by atoms with E-state index in [1.165, 1.54) is 9.71 Å². The van der Waals surface area contributed by atoms with E-state index in [0.717, 1.165) is 28.1 Å². The standard InChI is InChI=1S/C27H32N4O3S/c1-21-17-22(2)31(29-21)20-25-10-6-9-24(18-25)19-28-27(32)26-11-14-30(15-12-26)35(33,34)16-13-23-7-4-3-5-8-23/h3-10,13,16-18,26H,11-12,14-15,19-20H2,1-2H3,(H,28,32)/b16-13+. The summed E-state index contributed by atoms with van der Waals surface area (Å²) in [5.74, 6) is -0.205. The predicted octanol–water partition coefficient (Wildman–Crippen LogP) is 3.88. The van der Waals surface area contributed by atoms with Crippen LogP contribution in [0.5, 0.6) is 0 Å². The molecular formula is C27H32N4O3S. The van der Waals surface area contributed by atoms with E-state index in [0.29, 0.717) is 39.0 Å². The maximum absolute atomic E-state index is 12.8. The Hall–Kier alpha value is -3.23. The average Bonchev–Trinajstić information content (AvgIpc) is 3.18. The van der Waals surface area contributed by atoms with Crippen molar-refractivity contribution in [2.24, 2.45) is 5.92 Å². The maximum Gasteiger partial charge on any atom is 0.236 e. The van der Waals surface area contributed by atoms with Crippen molar-refractivity contribution >= 4 is 22.0 Å². The highest BCUT2D eigenvalue weighted by Gasteiger charge is 2.29. The number of nitrogens with zero attached hydrogens (tertiary/aromatic N) is 3. The quantitative estimate of drug-likeness (QED) is 0.517. The van der Waals surface area contributed by atoms with Gasteiger partial charge in [-0.05, 0) is 55.5 Å². The Balaban J connectivity index is 1.27. The number of rotatable bonds is 8. The zero-order chi connectivity index (χ0) is 24.8. The molecule has 0 bridgehead atoms. The number of aromatic nitrogens is 2. The minimum atomic E-state index is -3.50. The van der Waals surface area contributed by atoms with Crippen molar-refractivity contribution in [1.82, 2.24) is 19.4 Å². The number of nitrogens with one attached hydrogen (secondary N) is 1. The third-order valence-electron chi connectivity index (χ3n) is 6.31. The van der Waals surface area contributed by atoms with Gasteiger partial charge >= 0.3 is 0 Å². The van der Waals surface area contributed by atoms with Crippen molar-refractivity contribution in [3.8, 4) is 0 Å². The summed E-state index contributed by atoms with van der Waals surface area (Å²) in [6.45, 7) is 5.85. The first kappa shape index (κ1) is 24.9. The van der Waals surface area contributed by atoms with Crippen LogP contribution in [0.15, 0.2) is 66.1 Å². The molecule has 184 valence electrons. The highest BCUT2D eigenvalue weighted by molar-refractivity contribution is 7.92. The van der Waals surface area contributed by atoms with E-state index in [9.17, 15) is 13.2 Å². The highest BCUT2D eigenvalue weighted by atomic mass is 32.2. The molecule has 4 rings (SSSR count). The van der Waals surface area contributed by atoms with Gasteiger partial charge in [0, 0.05) is 36.7 Å².